The number of fused-ring (bicyclic) bond motifs is 1. The number of sulfonamides is 1. The van der Waals surface area contributed by atoms with Crippen molar-refractivity contribution in [1.82, 2.24) is 4.98 Å². The van der Waals surface area contributed by atoms with Crippen LogP contribution in [0.1, 0.15) is 16.7 Å². The van der Waals surface area contributed by atoms with Gasteiger partial charge in [-0.2, -0.15) is 0 Å². The van der Waals surface area contributed by atoms with E-state index in [1.807, 2.05) is 32.9 Å². The van der Waals surface area contributed by atoms with Crippen LogP contribution in [0.2, 0.25) is 0 Å². The highest BCUT2D eigenvalue weighted by Crippen LogP contribution is 2.30. The third kappa shape index (κ3) is 4.97. The third-order valence-corrected chi connectivity index (χ3v) is 7.63. The van der Waals surface area contributed by atoms with Gasteiger partial charge in [0.2, 0.25) is 5.91 Å². The molecule has 0 bridgehead atoms. The molecule has 35 heavy (non-hydrogen) atoms. The maximum atomic E-state index is 14.0. The predicted octanol–water partition coefficient (Wildman–Crippen LogP) is 5.00. The highest BCUT2D eigenvalue weighted by Gasteiger charge is 2.29. The lowest BCUT2D eigenvalue weighted by Crippen LogP contribution is -2.38. The van der Waals surface area contributed by atoms with E-state index in [1.165, 1.54) is 7.11 Å². The molecule has 1 aromatic heterocycles. The minimum atomic E-state index is -4.11. The summed E-state index contributed by atoms with van der Waals surface area (Å²) < 4.78 is 34.3. The number of nitrogens with zero attached hydrogens (tertiary/aromatic N) is 2. The molecule has 4 rings (SSSR count). The fourth-order valence-electron chi connectivity index (χ4n) is 4.19. The average Bonchev–Trinajstić information content (AvgIpc) is 2.84. The maximum absolute atomic E-state index is 14.0. The zero-order chi connectivity index (χ0) is 25.2. The van der Waals surface area contributed by atoms with Gasteiger partial charge in [0.25, 0.3) is 10.0 Å². The van der Waals surface area contributed by atoms with E-state index in [2.05, 4.69) is 10.3 Å². The van der Waals surface area contributed by atoms with Crippen LogP contribution in [0, 0.1) is 20.8 Å². The molecule has 1 N–H and O–H groups in total. The maximum Gasteiger partial charge on any atom is 0.265 e. The van der Waals surface area contributed by atoms with Gasteiger partial charge in [0.15, 0.2) is 0 Å². The fourth-order valence-corrected chi connectivity index (χ4v) is 5.82. The summed E-state index contributed by atoms with van der Waals surface area (Å²) in [6, 6.07) is 17.2. The summed E-state index contributed by atoms with van der Waals surface area (Å²) in [6.45, 7) is 5.42. The van der Waals surface area contributed by atoms with Crippen LogP contribution in [0.5, 0.6) is 5.75 Å². The lowest BCUT2D eigenvalue weighted by Gasteiger charge is -2.25. The summed E-state index contributed by atoms with van der Waals surface area (Å²) in [5.74, 6) is 0.138. The molecule has 0 unspecified atom stereocenters. The first kappa shape index (κ1) is 24.2. The molecular weight excluding hydrogens is 462 g/mol. The first-order valence-electron chi connectivity index (χ1n) is 11.1. The summed E-state index contributed by atoms with van der Waals surface area (Å²) in [6.07, 6.45) is 3.16. The van der Waals surface area contributed by atoms with Crippen molar-refractivity contribution in [3.05, 3.63) is 89.7 Å². The summed E-state index contributed by atoms with van der Waals surface area (Å²) in [5, 5.41) is 4.14. The van der Waals surface area contributed by atoms with E-state index in [0.717, 1.165) is 21.0 Å². The largest absolute Gasteiger partial charge is 0.497 e. The summed E-state index contributed by atoms with van der Waals surface area (Å²) in [4.78, 5) is 17.4. The number of methoxy groups -OCH3 is 1. The second-order valence-corrected chi connectivity index (χ2v) is 10.2. The molecule has 7 nitrogen and oxygen atoms in total. The Morgan fingerprint density at radius 1 is 1.00 bits per heavy atom. The molecule has 1 heterocycles. The molecule has 1 amide bonds. The van der Waals surface area contributed by atoms with Crippen LogP contribution >= 0.6 is 0 Å². The minimum absolute atomic E-state index is 0.101. The Morgan fingerprint density at radius 2 is 1.69 bits per heavy atom. The first-order valence-corrected chi connectivity index (χ1v) is 12.5. The molecule has 0 aliphatic heterocycles. The normalized spacial score (nSPS) is 11.3. The molecule has 0 fully saturated rings. The van der Waals surface area contributed by atoms with E-state index >= 15 is 0 Å². The van der Waals surface area contributed by atoms with Crippen molar-refractivity contribution in [3.63, 3.8) is 0 Å². The van der Waals surface area contributed by atoms with Crippen molar-refractivity contribution in [2.24, 2.45) is 0 Å². The number of carbonyl (C=O) groups is 1. The van der Waals surface area contributed by atoms with E-state index in [0.29, 0.717) is 27.9 Å². The van der Waals surface area contributed by atoms with Gasteiger partial charge in [-0.1, -0.05) is 29.8 Å². The molecule has 3 aromatic carbocycles. The summed E-state index contributed by atoms with van der Waals surface area (Å²) >= 11 is 0. The Hall–Kier alpha value is -3.91. The molecular formula is C27H27N3O4S. The molecule has 180 valence electrons. The van der Waals surface area contributed by atoms with Gasteiger partial charge in [-0.25, -0.2) is 8.42 Å². The molecule has 0 radical (unpaired) electrons. The number of ether oxygens (including phenoxy) is 1. The van der Waals surface area contributed by atoms with Crippen LogP contribution < -0.4 is 14.4 Å². The zero-order valence-electron chi connectivity index (χ0n) is 20.1. The highest BCUT2D eigenvalue weighted by atomic mass is 32.2. The molecule has 0 atom stereocenters. The van der Waals surface area contributed by atoms with Gasteiger partial charge in [-0.15, -0.1) is 0 Å². The Balaban J connectivity index is 1.76. The van der Waals surface area contributed by atoms with Crippen molar-refractivity contribution in [2.75, 3.05) is 23.3 Å². The smallest absolute Gasteiger partial charge is 0.265 e. The SMILES string of the molecule is COc1ccc(N(CC(=O)Nc2c(C)cc(C)cc2C)S(=O)(=O)c2cccc3cnccc23)cc1. The second-order valence-electron chi connectivity index (χ2n) is 8.38. The first-order chi connectivity index (χ1) is 16.7. The van der Waals surface area contributed by atoms with Gasteiger partial charge in [0.05, 0.1) is 17.7 Å². The Labute approximate surface area is 205 Å². The van der Waals surface area contributed by atoms with E-state index < -0.39 is 22.5 Å². The van der Waals surface area contributed by atoms with Gasteiger partial charge < -0.3 is 10.1 Å². The number of hydrogen-bond donors (Lipinski definition) is 1. The van der Waals surface area contributed by atoms with Crippen LogP contribution in [0.25, 0.3) is 10.8 Å². The van der Waals surface area contributed by atoms with Crippen LogP contribution in [-0.4, -0.2) is 33.0 Å². The topological polar surface area (TPSA) is 88.6 Å². The van der Waals surface area contributed by atoms with Crippen molar-refractivity contribution >= 4 is 38.1 Å². The van der Waals surface area contributed by atoms with Crippen molar-refractivity contribution < 1.29 is 17.9 Å². The zero-order valence-corrected chi connectivity index (χ0v) is 20.9. The summed E-state index contributed by atoms with van der Waals surface area (Å²) in [7, 11) is -2.58. The van der Waals surface area contributed by atoms with Crippen molar-refractivity contribution in [2.45, 2.75) is 25.7 Å². The number of rotatable bonds is 7. The highest BCUT2D eigenvalue weighted by molar-refractivity contribution is 7.93. The lowest BCUT2D eigenvalue weighted by atomic mass is 10.1. The Kier molecular flexibility index (Phi) is 6.75. The molecule has 0 saturated carbocycles. The van der Waals surface area contributed by atoms with E-state index in [4.69, 9.17) is 4.74 Å². The number of amides is 1. The van der Waals surface area contributed by atoms with Crippen LogP contribution in [0.3, 0.4) is 0 Å². The average molecular weight is 490 g/mol. The molecule has 0 saturated heterocycles. The molecule has 0 aliphatic rings. The van der Waals surface area contributed by atoms with Gasteiger partial charge in [-0.05, 0) is 68.3 Å². The number of aromatic nitrogens is 1. The number of anilines is 2. The second kappa shape index (κ2) is 9.76. The molecule has 8 heteroatoms. The molecule has 0 aliphatic carbocycles. The Morgan fingerprint density at radius 3 is 2.34 bits per heavy atom. The number of pyridine rings is 1. The van der Waals surface area contributed by atoms with Crippen LogP contribution in [0.4, 0.5) is 11.4 Å². The van der Waals surface area contributed by atoms with Gasteiger partial charge in [-0.3, -0.25) is 14.1 Å². The van der Waals surface area contributed by atoms with Crippen molar-refractivity contribution in [3.8, 4) is 5.75 Å². The van der Waals surface area contributed by atoms with E-state index in [9.17, 15) is 13.2 Å². The Bertz CT molecular complexity index is 1470. The standard InChI is InChI=1S/C27H27N3O4S/c1-18-14-19(2)27(20(3)15-18)29-26(31)17-30(22-8-10-23(34-4)11-9-22)35(32,33)25-7-5-6-21-16-28-13-12-24(21)25/h5-16H,17H2,1-4H3,(H,29,31). The van der Waals surface area contributed by atoms with Gasteiger partial charge >= 0.3 is 0 Å². The number of aryl methyl sites for hydroxylation is 3. The third-order valence-electron chi connectivity index (χ3n) is 5.80. The van der Waals surface area contributed by atoms with Crippen LogP contribution in [0.15, 0.2) is 78.0 Å². The van der Waals surface area contributed by atoms with Crippen LogP contribution in [-0.2, 0) is 14.8 Å². The van der Waals surface area contributed by atoms with E-state index in [-0.39, 0.29) is 4.90 Å². The number of benzene rings is 3. The summed E-state index contributed by atoms with van der Waals surface area (Å²) in [5.41, 5.74) is 3.95. The number of hydrogen-bond acceptors (Lipinski definition) is 5. The fraction of sp³-hybridized carbons (Fsp3) is 0.185. The molecule has 4 aromatic rings. The number of carbonyl (C=O) groups excluding carboxylic acids is 1. The molecule has 0 spiro atoms. The van der Waals surface area contributed by atoms with E-state index in [1.54, 1.807) is 60.9 Å². The lowest BCUT2D eigenvalue weighted by molar-refractivity contribution is -0.114. The van der Waals surface area contributed by atoms with Gasteiger partial charge in [0, 0.05) is 28.9 Å². The quantitative estimate of drug-likeness (QED) is 0.395. The monoisotopic (exact) mass is 489 g/mol. The van der Waals surface area contributed by atoms with Gasteiger partial charge in [0.1, 0.15) is 12.3 Å². The predicted molar refractivity (Wildman–Crippen MR) is 139 cm³/mol. The number of nitrogens with one attached hydrogen (secondary N) is 1. The minimum Gasteiger partial charge on any atom is -0.497 e. The van der Waals surface area contributed by atoms with Crippen molar-refractivity contribution in [1.29, 1.82) is 0 Å².